The molecule has 112 valence electrons. The van der Waals surface area contributed by atoms with Crippen LogP contribution in [0.2, 0.25) is 0 Å². The first kappa shape index (κ1) is 15.5. The molecule has 1 atom stereocenters. The van der Waals surface area contributed by atoms with Crippen LogP contribution < -0.4 is 0 Å². The Morgan fingerprint density at radius 3 is 2.55 bits per heavy atom. The number of aryl methyl sites for hydroxylation is 2. The van der Waals surface area contributed by atoms with E-state index in [1.54, 1.807) is 0 Å². The van der Waals surface area contributed by atoms with Gasteiger partial charge in [-0.25, -0.2) is 0 Å². The summed E-state index contributed by atoms with van der Waals surface area (Å²) in [7, 11) is 0. The molecule has 1 fully saturated rings. The molecular formula is C15H24BrN3O. The summed E-state index contributed by atoms with van der Waals surface area (Å²) in [5.74, 6) is 0.700. The van der Waals surface area contributed by atoms with Gasteiger partial charge >= 0.3 is 0 Å². The van der Waals surface area contributed by atoms with Crippen LogP contribution >= 0.6 is 15.9 Å². The normalized spacial score (nSPS) is 20.0. The van der Waals surface area contributed by atoms with E-state index >= 15 is 0 Å². The maximum atomic E-state index is 12.2. The number of carbonyl (C=O) groups excluding carboxylic acids is 1. The molecule has 1 aliphatic rings. The van der Waals surface area contributed by atoms with Gasteiger partial charge in [-0.1, -0.05) is 20.8 Å². The van der Waals surface area contributed by atoms with Gasteiger partial charge in [0.05, 0.1) is 22.4 Å². The van der Waals surface area contributed by atoms with E-state index in [1.165, 1.54) is 0 Å². The number of hydrogen-bond donors (Lipinski definition) is 0. The Labute approximate surface area is 129 Å². The number of hydrogen-bond acceptors (Lipinski definition) is 2. The van der Waals surface area contributed by atoms with Gasteiger partial charge in [0.1, 0.15) is 0 Å². The van der Waals surface area contributed by atoms with Crippen LogP contribution in [0.3, 0.4) is 0 Å². The first-order chi connectivity index (χ1) is 9.24. The van der Waals surface area contributed by atoms with E-state index in [0.717, 1.165) is 29.0 Å². The summed E-state index contributed by atoms with van der Waals surface area (Å²) in [5, 5.41) is 4.50. The zero-order valence-corrected chi connectivity index (χ0v) is 14.6. The number of likely N-dealkylation sites (tertiary alicyclic amines) is 1. The summed E-state index contributed by atoms with van der Waals surface area (Å²) in [6, 6.07) is 0. The molecule has 0 aromatic carbocycles. The monoisotopic (exact) mass is 341 g/mol. The minimum Gasteiger partial charge on any atom is -0.336 e. The number of aromatic nitrogens is 2. The molecule has 1 aliphatic heterocycles. The van der Waals surface area contributed by atoms with Crippen molar-refractivity contribution >= 4 is 21.8 Å². The van der Waals surface area contributed by atoms with E-state index in [0.29, 0.717) is 18.9 Å². The standard InChI is InChI=1S/C15H24BrN3O/c1-6-19-12(14(16)10(2)17-19)9-18-8-11(7-13(18)20)15(3,4)5/h11H,6-9H2,1-5H3. The highest BCUT2D eigenvalue weighted by atomic mass is 79.9. The van der Waals surface area contributed by atoms with Gasteiger partial charge in [0.2, 0.25) is 5.91 Å². The molecule has 0 saturated carbocycles. The van der Waals surface area contributed by atoms with Crippen molar-refractivity contribution in [3.63, 3.8) is 0 Å². The molecule has 20 heavy (non-hydrogen) atoms. The Bertz CT molecular complexity index is 516. The highest BCUT2D eigenvalue weighted by molar-refractivity contribution is 9.10. The lowest BCUT2D eigenvalue weighted by Crippen LogP contribution is -2.28. The molecule has 2 rings (SSSR count). The van der Waals surface area contributed by atoms with Gasteiger partial charge in [0.25, 0.3) is 0 Å². The Balaban J connectivity index is 2.17. The molecule has 0 aliphatic carbocycles. The van der Waals surface area contributed by atoms with Crippen LogP contribution in [-0.2, 0) is 17.9 Å². The van der Waals surface area contributed by atoms with E-state index in [4.69, 9.17) is 0 Å². The van der Waals surface area contributed by atoms with Gasteiger partial charge in [0.15, 0.2) is 0 Å². The lowest BCUT2D eigenvalue weighted by atomic mass is 9.80. The van der Waals surface area contributed by atoms with Crippen LogP contribution in [0.1, 0.15) is 45.5 Å². The summed E-state index contributed by atoms with van der Waals surface area (Å²) in [6.45, 7) is 13.0. The van der Waals surface area contributed by atoms with Crippen molar-refractivity contribution in [3.8, 4) is 0 Å². The Hall–Kier alpha value is -0.840. The maximum Gasteiger partial charge on any atom is 0.223 e. The van der Waals surface area contributed by atoms with Crippen molar-refractivity contribution in [1.29, 1.82) is 0 Å². The first-order valence-electron chi connectivity index (χ1n) is 7.23. The van der Waals surface area contributed by atoms with Crippen LogP contribution in [0, 0.1) is 18.3 Å². The fourth-order valence-corrected chi connectivity index (χ4v) is 3.12. The molecule has 1 aromatic heterocycles. The molecule has 0 bridgehead atoms. The zero-order chi connectivity index (χ0) is 15.1. The predicted molar refractivity (Wildman–Crippen MR) is 83.3 cm³/mol. The number of amides is 1. The van der Waals surface area contributed by atoms with E-state index in [-0.39, 0.29) is 11.3 Å². The van der Waals surface area contributed by atoms with Crippen LogP contribution in [-0.4, -0.2) is 27.1 Å². The van der Waals surface area contributed by atoms with Gasteiger partial charge in [0, 0.05) is 19.5 Å². The van der Waals surface area contributed by atoms with Gasteiger partial charge in [-0.2, -0.15) is 5.10 Å². The van der Waals surface area contributed by atoms with Crippen molar-refractivity contribution in [2.45, 2.75) is 54.1 Å². The van der Waals surface area contributed by atoms with Crippen molar-refractivity contribution in [3.05, 3.63) is 15.9 Å². The number of nitrogens with zero attached hydrogens (tertiary/aromatic N) is 3. The SMILES string of the molecule is CCn1nc(C)c(Br)c1CN1CC(C(C)(C)C)CC1=O. The van der Waals surface area contributed by atoms with Gasteiger partial charge in [-0.05, 0) is 41.1 Å². The smallest absolute Gasteiger partial charge is 0.223 e. The molecule has 2 heterocycles. The second kappa shape index (κ2) is 5.51. The number of rotatable bonds is 3. The molecule has 0 radical (unpaired) electrons. The summed E-state index contributed by atoms with van der Waals surface area (Å²) < 4.78 is 3.02. The zero-order valence-electron chi connectivity index (χ0n) is 13.0. The van der Waals surface area contributed by atoms with Crippen LogP contribution in [0.15, 0.2) is 4.47 Å². The van der Waals surface area contributed by atoms with Crippen molar-refractivity contribution in [2.75, 3.05) is 6.54 Å². The van der Waals surface area contributed by atoms with E-state index < -0.39 is 0 Å². The van der Waals surface area contributed by atoms with Gasteiger partial charge in [-0.15, -0.1) is 0 Å². The third-order valence-corrected chi connectivity index (χ3v) is 5.26. The topological polar surface area (TPSA) is 38.1 Å². The second-order valence-electron chi connectivity index (χ2n) is 6.70. The molecular weight excluding hydrogens is 318 g/mol. The van der Waals surface area contributed by atoms with Crippen LogP contribution in [0.4, 0.5) is 0 Å². The van der Waals surface area contributed by atoms with Crippen molar-refractivity contribution in [1.82, 2.24) is 14.7 Å². The van der Waals surface area contributed by atoms with Gasteiger partial charge in [-0.3, -0.25) is 9.48 Å². The fraction of sp³-hybridized carbons (Fsp3) is 0.733. The van der Waals surface area contributed by atoms with Crippen LogP contribution in [0.5, 0.6) is 0 Å². The number of halogens is 1. The quantitative estimate of drug-likeness (QED) is 0.845. The second-order valence-corrected chi connectivity index (χ2v) is 7.50. The average molecular weight is 342 g/mol. The summed E-state index contributed by atoms with van der Waals surface area (Å²) >= 11 is 3.60. The molecule has 0 spiro atoms. The minimum absolute atomic E-state index is 0.183. The molecule has 1 amide bonds. The van der Waals surface area contributed by atoms with Crippen molar-refractivity contribution < 1.29 is 4.79 Å². The first-order valence-corrected chi connectivity index (χ1v) is 8.02. The van der Waals surface area contributed by atoms with E-state index in [9.17, 15) is 4.79 Å². The maximum absolute atomic E-state index is 12.2. The van der Waals surface area contributed by atoms with Crippen LogP contribution in [0.25, 0.3) is 0 Å². The molecule has 5 heteroatoms. The lowest BCUT2D eigenvalue weighted by molar-refractivity contribution is -0.128. The number of carbonyl (C=O) groups is 1. The third kappa shape index (κ3) is 2.92. The highest BCUT2D eigenvalue weighted by Crippen LogP contribution is 2.35. The van der Waals surface area contributed by atoms with Gasteiger partial charge < -0.3 is 4.90 Å². The minimum atomic E-state index is 0.183. The lowest BCUT2D eigenvalue weighted by Gasteiger charge is -2.26. The summed E-state index contributed by atoms with van der Waals surface area (Å²) in [4.78, 5) is 14.2. The summed E-state index contributed by atoms with van der Waals surface area (Å²) in [6.07, 6.45) is 0.667. The molecule has 0 N–H and O–H groups in total. The predicted octanol–water partition coefficient (Wildman–Crippen LogP) is 3.37. The molecule has 1 aromatic rings. The Morgan fingerprint density at radius 2 is 2.05 bits per heavy atom. The highest BCUT2D eigenvalue weighted by Gasteiger charge is 2.37. The summed E-state index contributed by atoms with van der Waals surface area (Å²) in [5.41, 5.74) is 2.27. The fourth-order valence-electron chi connectivity index (χ4n) is 2.71. The largest absolute Gasteiger partial charge is 0.336 e. The van der Waals surface area contributed by atoms with Crippen molar-refractivity contribution in [2.24, 2.45) is 11.3 Å². The van der Waals surface area contributed by atoms with E-state index in [1.807, 2.05) is 16.5 Å². The Morgan fingerprint density at radius 1 is 1.40 bits per heavy atom. The third-order valence-electron chi connectivity index (χ3n) is 4.23. The van der Waals surface area contributed by atoms with E-state index in [2.05, 4.69) is 48.7 Å². The molecule has 4 nitrogen and oxygen atoms in total. The Kier molecular flexibility index (Phi) is 4.28. The molecule has 1 saturated heterocycles. The average Bonchev–Trinajstić information content (AvgIpc) is 2.85. The molecule has 1 unspecified atom stereocenters.